The summed E-state index contributed by atoms with van der Waals surface area (Å²) in [5.74, 6) is -1.61. The molecule has 0 aliphatic heterocycles. The maximum Gasteiger partial charge on any atom is 0.351 e. The van der Waals surface area contributed by atoms with Crippen molar-refractivity contribution in [1.29, 1.82) is 0 Å². The Balaban J connectivity index is 2.89. The van der Waals surface area contributed by atoms with Gasteiger partial charge in [-0.3, -0.25) is 5.73 Å². The van der Waals surface area contributed by atoms with E-state index in [0.717, 1.165) is 0 Å². The van der Waals surface area contributed by atoms with Crippen molar-refractivity contribution < 1.29 is 20.1 Å². The number of para-hydroxylation sites is 1. The first kappa shape index (κ1) is 10.5. The Hall–Kier alpha value is -1.59. The molecule has 1 rings (SSSR count). The topological polar surface area (TPSA) is 104 Å². The number of phenolic OH excluding ortho intramolecular Hbond substituents is 1. The third-order valence-corrected chi connectivity index (χ3v) is 1.82. The Morgan fingerprint density at radius 1 is 1.43 bits per heavy atom. The van der Waals surface area contributed by atoms with Crippen molar-refractivity contribution in [1.82, 2.24) is 0 Å². The molecule has 0 aliphatic carbocycles. The van der Waals surface area contributed by atoms with Crippen molar-refractivity contribution in [3.63, 3.8) is 0 Å². The monoisotopic (exact) mass is 197 g/mol. The van der Waals surface area contributed by atoms with Crippen molar-refractivity contribution in [2.45, 2.75) is 12.1 Å². The second kappa shape index (κ2) is 3.65. The Morgan fingerprint density at radius 3 is 2.50 bits per heavy atom. The van der Waals surface area contributed by atoms with Gasteiger partial charge in [0.2, 0.25) is 5.72 Å². The molecule has 5 heteroatoms. The summed E-state index contributed by atoms with van der Waals surface area (Å²) >= 11 is 0. The minimum Gasteiger partial charge on any atom is -0.508 e. The molecule has 0 bridgehead atoms. The number of carboxylic acid groups (broad SMARTS) is 1. The van der Waals surface area contributed by atoms with Crippen LogP contribution in [0.25, 0.3) is 0 Å². The number of phenols is 1. The minimum absolute atomic E-state index is 0.0855. The fourth-order valence-corrected chi connectivity index (χ4v) is 1.03. The second-order valence-corrected chi connectivity index (χ2v) is 3.03. The normalized spacial score (nSPS) is 14.7. The highest BCUT2D eigenvalue weighted by Gasteiger charge is 2.31. The van der Waals surface area contributed by atoms with Crippen LogP contribution in [0.15, 0.2) is 24.3 Å². The predicted octanol–water partition coefficient (Wildman–Crippen LogP) is -0.333. The standard InChI is InChI=1S/C9H11NO4/c10-9(14,8(12)13)5-6-3-1-2-4-7(6)11/h1-4,11,14H,5,10H2,(H,12,13). The van der Waals surface area contributed by atoms with Crippen LogP contribution in [0.4, 0.5) is 0 Å². The van der Waals surface area contributed by atoms with Gasteiger partial charge in [0.05, 0.1) is 0 Å². The summed E-state index contributed by atoms with van der Waals surface area (Å²) in [5.41, 5.74) is 3.05. The highest BCUT2D eigenvalue weighted by Crippen LogP contribution is 2.19. The molecule has 0 aliphatic rings. The lowest BCUT2D eigenvalue weighted by Crippen LogP contribution is -2.49. The highest BCUT2D eigenvalue weighted by molar-refractivity contribution is 5.76. The van der Waals surface area contributed by atoms with E-state index < -0.39 is 11.7 Å². The molecule has 0 saturated heterocycles. The fraction of sp³-hybridized carbons (Fsp3) is 0.222. The van der Waals surface area contributed by atoms with E-state index in [9.17, 15) is 15.0 Å². The lowest BCUT2D eigenvalue weighted by Gasteiger charge is -2.17. The van der Waals surface area contributed by atoms with Crippen LogP contribution in [-0.2, 0) is 11.2 Å². The maximum absolute atomic E-state index is 10.5. The number of carboxylic acids is 1. The molecule has 0 fully saturated rings. The average Bonchev–Trinajstić information content (AvgIpc) is 2.08. The van der Waals surface area contributed by atoms with Crippen LogP contribution in [0, 0.1) is 0 Å². The second-order valence-electron chi connectivity index (χ2n) is 3.03. The summed E-state index contributed by atoms with van der Waals surface area (Å²) in [6.07, 6.45) is -0.338. The van der Waals surface area contributed by atoms with E-state index in [2.05, 4.69) is 0 Å². The van der Waals surface area contributed by atoms with Crippen LogP contribution in [-0.4, -0.2) is 27.0 Å². The van der Waals surface area contributed by atoms with Crippen molar-refractivity contribution >= 4 is 5.97 Å². The molecule has 1 unspecified atom stereocenters. The number of aromatic hydroxyl groups is 1. The average molecular weight is 197 g/mol. The van der Waals surface area contributed by atoms with E-state index in [1.54, 1.807) is 12.1 Å². The largest absolute Gasteiger partial charge is 0.508 e. The Kier molecular flexibility index (Phi) is 2.73. The first-order valence-corrected chi connectivity index (χ1v) is 3.95. The van der Waals surface area contributed by atoms with Gasteiger partial charge in [-0.2, -0.15) is 0 Å². The predicted molar refractivity (Wildman–Crippen MR) is 48.6 cm³/mol. The number of hydrogen-bond donors (Lipinski definition) is 4. The molecule has 76 valence electrons. The first-order valence-electron chi connectivity index (χ1n) is 3.95. The van der Waals surface area contributed by atoms with Crippen molar-refractivity contribution in [3.8, 4) is 5.75 Å². The molecule has 0 heterocycles. The van der Waals surface area contributed by atoms with Gasteiger partial charge < -0.3 is 15.3 Å². The summed E-state index contributed by atoms with van der Waals surface area (Å²) in [6.45, 7) is 0. The van der Waals surface area contributed by atoms with Crippen molar-refractivity contribution in [2.75, 3.05) is 0 Å². The number of aliphatic carboxylic acids is 1. The van der Waals surface area contributed by atoms with Crippen LogP contribution >= 0.6 is 0 Å². The van der Waals surface area contributed by atoms with Gasteiger partial charge in [0.15, 0.2) is 0 Å². The van der Waals surface area contributed by atoms with E-state index in [1.165, 1.54) is 12.1 Å². The summed E-state index contributed by atoms with van der Waals surface area (Å²) in [5, 5.41) is 27.1. The molecule has 1 aromatic carbocycles. The fourth-order valence-electron chi connectivity index (χ4n) is 1.03. The van der Waals surface area contributed by atoms with Crippen LogP contribution in [0.2, 0.25) is 0 Å². The molecule has 1 aromatic rings. The molecule has 0 saturated carbocycles. The van der Waals surface area contributed by atoms with Gasteiger partial charge in [-0.1, -0.05) is 18.2 Å². The van der Waals surface area contributed by atoms with Crippen LogP contribution < -0.4 is 5.73 Å². The molecule has 0 radical (unpaired) electrons. The third-order valence-electron chi connectivity index (χ3n) is 1.82. The summed E-state index contributed by atoms with van der Waals surface area (Å²) < 4.78 is 0. The van der Waals surface area contributed by atoms with E-state index in [4.69, 9.17) is 10.8 Å². The van der Waals surface area contributed by atoms with Crippen LogP contribution in [0.1, 0.15) is 5.56 Å². The molecule has 0 amide bonds. The number of nitrogens with two attached hydrogens (primary N) is 1. The molecular weight excluding hydrogens is 186 g/mol. The number of rotatable bonds is 3. The van der Waals surface area contributed by atoms with E-state index >= 15 is 0 Å². The van der Waals surface area contributed by atoms with Gasteiger partial charge in [0, 0.05) is 6.42 Å². The zero-order valence-corrected chi connectivity index (χ0v) is 7.34. The molecule has 5 nitrogen and oxygen atoms in total. The summed E-state index contributed by atoms with van der Waals surface area (Å²) in [6, 6.07) is 6.10. The maximum atomic E-state index is 10.5. The van der Waals surface area contributed by atoms with Crippen molar-refractivity contribution in [3.05, 3.63) is 29.8 Å². The number of aliphatic hydroxyl groups is 1. The van der Waals surface area contributed by atoms with Crippen LogP contribution in [0.5, 0.6) is 5.75 Å². The van der Waals surface area contributed by atoms with Gasteiger partial charge in [0.25, 0.3) is 0 Å². The highest BCUT2D eigenvalue weighted by atomic mass is 16.4. The van der Waals surface area contributed by atoms with Crippen LogP contribution in [0.3, 0.4) is 0 Å². The smallest absolute Gasteiger partial charge is 0.351 e. The molecule has 0 spiro atoms. The molecule has 14 heavy (non-hydrogen) atoms. The Labute approximate surface area is 80.4 Å². The lowest BCUT2D eigenvalue weighted by molar-refractivity contribution is -0.157. The molecule has 5 N–H and O–H groups in total. The number of benzene rings is 1. The summed E-state index contributed by atoms with van der Waals surface area (Å²) in [7, 11) is 0. The zero-order chi connectivity index (χ0) is 10.8. The third kappa shape index (κ3) is 2.21. The van der Waals surface area contributed by atoms with E-state index in [1.807, 2.05) is 0 Å². The van der Waals surface area contributed by atoms with Crippen molar-refractivity contribution in [2.24, 2.45) is 5.73 Å². The molecule has 1 atom stereocenters. The SMILES string of the molecule is NC(O)(Cc1ccccc1O)C(=O)O. The van der Waals surface area contributed by atoms with Gasteiger partial charge in [-0.05, 0) is 11.6 Å². The van der Waals surface area contributed by atoms with E-state index in [0.29, 0.717) is 5.56 Å². The summed E-state index contributed by atoms with van der Waals surface area (Å²) in [4.78, 5) is 10.5. The quantitative estimate of drug-likeness (QED) is 0.496. The van der Waals surface area contributed by atoms with Gasteiger partial charge >= 0.3 is 5.97 Å². The minimum atomic E-state index is -2.35. The lowest BCUT2D eigenvalue weighted by atomic mass is 10.0. The number of carbonyl (C=O) groups is 1. The first-order chi connectivity index (χ1) is 6.43. The van der Waals surface area contributed by atoms with Gasteiger partial charge in [-0.25, -0.2) is 4.79 Å². The van der Waals surface area contributed by atoms with E-state index in [-0.39, 0.29) is 12.2 Å². The number of hydrogen-bond acceptors (Lipinski definition) is 4. The van der Waals surface area contributed by atoms with Gasteiger partial charge in [-0.15, -0.1) is 0 Å². The zero-order valence-electron chi connectivity index (χ0n) is 7.34. The molecular formula is C9H11NO4. The molecule has 0 aromatic heterocycles. The Morgan fingerprint density at radius 2 is 2.00 bits per heavy atom. The van der Waals surface area contributed by atoms with Gasteiger partial charge in [0.1, 0.15) is 5.75 Å². The Bertz CT molecular complexity index is 348.